The first-order valence-electron chi connectivity index (χ1n) is 12.4. The average molecular weight is 596 g/mol. The van der Waals surface area contributed by atoms with Crippen LogP contribution in [0.5, 0.6) is 0 Å². The van der Waals surface area contributed by atoms with Crippen LogP contribution in [0.4, 0.5) is 16.3 Å². The van der Waals surface area contributed by atoms with Crippen molar-refractivity contribution in [3.05, 3.63) is 65.2 Å². The molecule has 0 spiro atoms. The average Bonchev–Trinajstić information content (AvgIpc) is 3.25. The number of fused-ring (bicyclic) bond motifs is 1. The maximum atomic E-state index is 12.7. The summed E-state index contributed by atoms with van der Waals surface area (Å²) in [6, 6.07) is 11.2. The van der Waals surface area contributed by atoms with Crippen LogP contribution in [0.25, 0.3) is 16.6 Å². The molecule has 0 radical (unpaired) electrons. The molecule has 9 nitrogen and oxygen atoms in total. The Labute approximate surface area is 235 Å². The molecular formula is C27H31AsClN7O2. The van der Waals surface area contributed by atoms with E-state index in [-0.39, 0.29) is 5.41 Å². The minimum atomic E-state index is -0.410. The van der Waals surface area contributed by atoms with Gasteiger partial charge in [0.25, 0.3) is 0 Å². The number of urea groups is 1. The Kier molecular flexibility index (Phi) is 7.72. The van der Waals surface area contributed by atoms with E-state index in [2.05, 4.69) is 57.4 Å². The van der Waals surface area contributed by atoms with Gasteiger partial charge in [-0.05, 0) is 17.0 Å². The van der Waals surface area contributed by atoms with E-state index in [1.165, 1.54) is 16.9 Å². The maximum absolute atomic E-state index is 12.7. The van der Waals surface area contributed by atoms with E-state index in [1.807, 2.05) is 34.8 Å². The normalized spacial score (nSPS) is 14.6. The molecule has 0 aliphatic carbocycles. The molecular weight excluding hydrogens is 565 g/mol. The zero-order valence-electron chi connectivity index (χ0n) is 21.7. The number of nitrogens with zero attached hydrogens (tertiary/aromatic N) is 5. The van der Waals surface area contributed by atoms with Crippen molar-refractivity contribution in [3.63, 3.8) is 0 Å². The zero-order chi connectivity index (χ0) is 26.9. The third-order valence-corrected chi connectivity index (χ3v) is 7.74. The van der Waals surface area contributed by atoms with Crippen LogP contribution >= 0.6 is 11.6 Å². The van der Waals surface area contributed by atoms with Crippen LogP contribution in [0.3, 0.4) is 0 Å². The topological polar surface area (TPSA) is 96.7 Å². The van der Waals surface area contributed by atoms with E-state index in [1.54, 1.807) is 12.5 Å². The van der Waals surface area contributed by atoms with Gasteiger partial charge in [-0.25, -0.2) is 0 Å². The Hall–Kier alpha value is -2.97. The van der Waals surface area contributed by atoms with Gasteiger partial charge in [-0.2, -0.15) is 0 Å². The predicted molar refractivity (Wildman–Crippen MR) is 153 cm³/mol. The Morgan fingerprint density at radius 1 is 1.11 bits per heavy atom. The van der Waals surface area contributed by atoms with Gasteiger partial charge < -0.3 is 0 Å². The summed E-state index contributed by atoms with van der Waals surface area (Å²) in [5, 5.41) is 10.6. The van der Waals surface area contributed by atoms with E-state index >= 15 is 0 Å². The van der Waals surface area contributed by atoms with Gasteiger partial charge in [0, 0.05) is 6.20 Å². The number of rotatable bonds is 5. The van der Waals surface area contributed by atoms with Crippen LogP contribution in [-0.4, -0.2) is 73.7 Å². The van der Waals surface area contributed by atoms with Gasteiger partial charge in [-0.15, -0.1) is 0 Å². The minimum absolute atomic E-state index is 0.0508. The molecule has 2 amide bonds. The first-order valence-corrected chi connectivity index (χ1v) is 14.0. The molecule has 1 aliphatic heterocycles. The van der Waals surface area contributed by atoms with Gasteiger partial charge >= 0.3 is 192 Å². The molecule has 1 aliphatic rings. The molecule has 38 heavy (non-hydrogen) atoms. The standard InChI is InChI=1S/C27H31AsClN7O2/c1-27(2,3)18-6-7-30-23(13-18)34-26(37)33-22-5-4-17(12-21(22)29)20-14-19(15-35-8-10-38-11-9-35)36-24(20)25(28)31-16-32-36/h4-7,12-14,16H,8-11,15,28H2,1-3H3,(H2,30,33,34,37). The van der Waals surface area contributed by atoms with Gasteiger partial charge in [-0.3, -0.25) is 0 Å². The summed E-state index contributed by atoms with van der Waals surface area (Å²) in [7, 11) is 0. The molecule has 2 N–H and O–H groups in total. The molecule has 1 saturated heterocycles. The predicted octanol–water partition coefficient (Wildman–Crippen LogP) is 3.48. The molecule has 1 fully saturated rings. The molecule has 4 aromatic rings. The molecule has 0 bridgehead atoms. The number of anilines is 2. The van der Waals surface area contributed by atoms with Crippen LogP contribution in [0.15, 0.2) is 48.9 Å². The SMILES string of the molecule is CC(C)(C)c1ccnc(NC(=O)Nc2ccc(-c3cc(CN4CCOCC4)n4ncnc([AsH2])c34)cc2Cl)c1. The fourth-order valence-electron chi connectivity index (χ4n) is 4.47. The molecule has 5 rings (SSSR count). The van der Waals surface area contributed by atoms with Crippen molar-refractivity contribution in [1.29, 1.82) is 0 Å². The number of morpholine rings is 1. The van der Waals surface area contributed by atoms with Gasteiger partial charge in [0.2, 0.25) is 0 Å². The molecule has 1 aromatic carbocycles. The van der Waals surface area contributed by atoms with Crippen LogP contribution < -0.4 is 15.1 Å². The molecule has 4 heterocycles. The molecule has 0 saturated carbocycles. The molecule has 198 valence electrons. The number of pyridine rings is 1. The van der Waals surface area contributed by atoms with Crippen molar-refractivity contribution in [2.24, 2.45) is 0 Å². The van der Waals surface area contributed by atoms with E-state index in [0.717, 1.165) is 65.2 Å². The number of amides is 2. The molecule has 1 unspecified atom stereocenters. The monoisotopic (exact) mass is 595 g/mol. The van der Waals surface area contributed by atoms with Crippen LogP contribution in [0.1, 0.15) is 32.0 Å². The van der Waals surface area contributed by atoms with Gasteiger partial charge in [-0.1, -0.05) is 20.8 Å². The van der Waals surface area contributed by atoms with Crippen molar-refractivity contribution in [3.8, 4) is 11.1 Å². The van der Waals surface area contributed by atoms with Crippen molar-refractivity contribution in [2.75, 3.05) is 36.9 Å². The number of hydrogen-bond acceptors (Lipinski definition) is 6. The van der Waals surface area contributed by atoms with Crippen LogP contribution in [0.2, 0.25) is 5.02 Å². The van der Waals surface area contributed by atoms with Crippen molar-refractivity contribution in [1.82, 2.24) is 24.5 Å². The van der Waals surface area contributed by atoms with Gasteiger partial charge in [0.15, 0.2) is 0 Å². The number of hydrogen-bond donors (Lipinski definition) is 2. The molecule has 1 atom stereocenters. The zero-order valence-corrected chi connectivity index (χ0v) is 24.8. The summed E-state index contributed by atoms with van der Waals surface area (Å²) in [6.45, 7) is 10.4. The number of carbonyl (C=O) groups excluding carboxylic acids is 1. The third kappa shape index (κ3) is 5.86. The number of ether oxygens (including phenoxy) is 1. The van der Waals surface area contributed by atoms with Crippen molar-refractivity contribution >= 4 is 56.0 Å². The second kappa shape index (κ2) is 11.0. The van der Waals surface area contributed by atoms with E-state index in [9.17, 15) is 4.79 Å². The van der Waals surface area contributed by atoms with Crippen LogP contribution in [-0.2, 0) is 16.7 Å². The Balaban J connectivity index is 1.37. The van der Waals surface area contributed by atoms with E-state index in [0.29, 0.717) is 16.5 Å². The Morgan fingerprint density at radius 2 is 1.89 bits per heavy atom. The molecule has 11 heteroatoms. The van der Waals surface area contributed by atoms with E-state index in [4.69, 9.17) is 16.3 Å². The quantitative estimate of drug-likeness (QED) is 0.343. The van der Waals surface area contributed by atoms with Crippen molar-refractivity contribution in [2.45, 2.75) is 32.7 Å². The van der Waals surface area contributed by atoms with Crippen LogP contribution in [0, 0.1) is 0 Å². The molecule has 3 aromatic heterocycles. The summed E-state index contributed by atoms with van der Waals surface area (Å²) < 4.78 is 8.41. The number of carbonyl (C=O) groups is 1. The summed E-state index contributed by atoms with van der Waals surface area (Å²) in [4.78, 5) is 23.8. The fourth-order valence-corrected chi connectivity index (χ4v) is 5.42. The summed E-state index contributed by atoms with van der Waals surface area (Å²) in [6.07, 6.45) is 3.29. The first-order chi connectivity index (χ1) is 18.2. The van der Waals surface area contributed by atoms with Gasteiger partial charge in [0.05, 0.1) is 0 Å². The summed E-state index contributed by atoms with van der Waals surface area (Å²) in [5.74, 6) is 0.480. The second-order valence-corrected chi connectivity index (χ2v) is 11.9. The summed E-state index contributed by atoms with van der Waals surface area (Å²) in [5.41, 5.74) is 5.53. The van der Waals surface area contributed by atoms with Gasteiger partial charge in [0.1, 0.15) is 0 Å². The summed E-state index contributed by atoms with van der Waals surface area (Å²) >= 11 is 8.09. The van der Waals surface area contributed by atoms with Crippen molar-refractivity contribution < 1.29 is 9.53 Å². The number of nitrogens with one attached hydrogen (secondary N) is 2. The first kappa shape index (κ1) is 26.6. The Bertz CT molecular complexity index is 1480. The Morgan fingerprint density at radius 3 is 2.63 bits per heavy atom. The third-order valence-electron chi connectivity index (χ3n) is 6.54. The van der Waals surface area contributed by atoms with E-state index < -0.39 is 6.03 Å². The second-order valence-electron chi connectivity index (χ2n) is 10.3. The number of benzene rings is 1. The number of halogens is 1. The fraction of sp³-hybridized carbons (Fsp3) is 0.333. The number of aromatic nitrogens is 4.